The quantitative estimate of drug-likeness (QED) is 0.920. The van der Waals surface area contributed by atoms with Crippen LogP contribution in [0.25, 0.3) is 0 Å². The van der Waals surface area contributed by atoms with Crippen molar-refractivity contribution >= 4 is 18.3 Å². The predicted molar refractivity (Wildman–Crippen MR) is 82.8 cm³/mol. The van der Waals surface area contributed by atoms with Crippen LogP contribution in [0.1, 0.15) is 31.0 Å². The number of rotatable bonds is 5. The molecule has 1 aromatic heterocycles. The Labute approximate surface area is 125 Å². The Kier molecular flexibility index (Phi) is 5.71. The lowest BCUT2D eigenvalue weighted by Crippen LogP contribution is -2.43. The lowest BCUT2D eigenvalue weighted by atomic mass is 9.73. The highest BCUT2D eigenvalue weighted by Gasteiger charge is 2.40. The highest BCUT2D eigenvalue weighted by Crippen LogP contribution is 2.35. The molecule has 1 aromatic carbocycles. The summed E-state index contributed by atoms with van der Waals surface area (Å²) in [5.41, 5.74) is 6.53. The molecule has 1 amide bonds. The highest BCUT2D eigenvalue weighted by atomic mass is 35.5. The van der Waals surface area contributed by atoms with E-state index in [1.165, 1.54) is 0 Å². The molecule has 0 aliphatic carbocycles. The van der Waals surface area contributed by atoms with Gasteiger partial charge < -0.3 is 5.73 Å². The van der Waals surface area contributed by atoms with Gasteiger partial charge in [-0.2, -0.15) is 0 Å². The first-order chi connectivity index (χ1) is 9.21. The summed E-state index contributed by atoms with van der Waals surface area (Å²) in [5.74, 6) is -0.348. The van der Waals surface area contributed by atoms with E-state index < -0.39 is 5.41 Å². The molecule has 0 aliphatic rings. The number of hydrogen-bond donors (Lipinski definition) is 1. The molecule has 106 valence electrons. The van der Waals surface area contributed by atoms with Gasteiger partial charge in [-0.05, 0) is 24.1 Å². The molecule has 1 unspecified atom stereocenters. The Morgan fingerprint density at radius 1 is 1.15 bits per heavy atom. The fourth-order valence-electron chi connectivity index (χ4n) is 2.52. The normalized spacial score (nSPS) is 13.1. The van der Waals surface area contributed by atoms with Crippen LogP contribution in [0.5, 0.6) is 0 Å². The molecule has 0 bridgehead atoms. The van der Waals surface area contributed by atoms with E-state index in [9.17, 15) is 4.79 Å². The van der Waals surface area contributed by atoms with Gasteiger partial charge in [0.2, 0.25) is 5.91 Å². The van der Waals surface area contributed by atoms with Crippen molar-refractivity contribution in [2.45, 2.75) is 25.2 Å². The third kappa shape index (κ3) is 2.83. The van der Waals surface area contributed by atoms with Crippen molar-refractivity contribution in [2.24, 2.45) is 5.73 Å². The zero-order valence-electron chi connectivity index (χ0n) is 11.5. The molecule has 20 heavy (non-hydrogen) atoms. The largest absolute Gasteiger partial charge is 0.369 e. The van der Waals surface area contributed by atoms with E-state index in [4.69, 9.17) is 5.73 Å². The first-order valence-corrected chi connectivity index (χ1v) is 6.48. The minimum absolute atomic E-state index is 0. The summed E-state index contributed by atoms with van der Waals surface area (Å²) in [6.07, 6.45) is 3.21. The number of primary amides is 1. The fourth-order valence-corrected chi connectivity index (χ4v) is 2.52. The van der Waals surface area contributed by atoms with E-state index in [1.54, 1.807) is 6.20 Å². The molecule has 2 aromatic rings. The summed E-state index contributed by atoms with van der Waals surface area (Å²) in [6.45, 7) is 2.05. The van der Waals surface area contributed by atoms with Crippen LogP contribution in [0, 0.1) is 0 Å². The third-order valence-corrected chi connectivity index (χ3v) is 3.41. The molecule has 2 N–H and O–H groups in total. The number of carbonyl (C=O) groups excluding carboxylic acids is 1. The van der Waals surface area contributed by atoms with Crippen LogP contribution >= 0.6 is 12.4 Å². The molecule has 1 heterocycles. The van der Waals surface area contributed by atoms with Crippen LogP contribution < -0.4 is 5.73 Å². The van der Waals surface area contributed by atoms with Gasteiger partial charge in [-0.15, -0.1) is 12.4 Å². The van der Waals surface area contributed by atoms with Gasteiger partial charge >= 0.3 is 0 Å². The fraction of sp³-hybridized carbons (Fsp3) is 0.250. The van der Waals surface area contributed by atoms with E-state index in [-0.39, 0.29) is 18.3 Å². The maximum absolute atomic E-state index is 12.2. The molecule has 0 saturated carbocycles. The number of halogens is 1. The van der Waals surface area contributed by atoms with Gasteiger partial charge in [0.15, 0.2) is 0 Å². The lowest BCUT2D eigenvalue weighted by molar-refractivity contribution is -0.122. The maximum Gasteiger partial charge on any atom is 0.234 e. The zero-order chi connectivity index (χ0) is 13.7. The van der Waals surface area contributed by atoms with Crippen molar-refractivity contribution in [1.29, 1.82) is 0 Å². The van der Waals surface area contributed by atoms with E-state index in [1.807, 2.05) is 55.5 Å². The molecular weight excluding hydrogens is 272 g/mol. The van der Waals surface area contributed by atoms with Crippen LogP contribution in [0.4, 0.5) is 0 Å². The van der Waals surface area contributed by atoms with Gasteiger partial charge in [0, 0.05) is 6.20 Å². The molecule has 4 heteroatoms. The molecule has 0 saturated heterocycles. The molecule has 2 rings (SSSR count). The summed E-state index contributed by atoms with van der Waals surface area (Å²) in [7, 11) is 0. The number of nitrogens with two attached hydrogens (primary N) is 1. The van der Waals surface area contributed by atoms with Gasteiger partial charge in [0.25, 0.3) is 0 Å². The van der Waals surface area contributed by atoms with Crippen molar-refractivity contribution in [3.63, 3.8) is 0 Å². The number of pyridine rings is 1. The first kappa shape index (κ1) is 16.2. The van der Waals surface area contributed by atoms with Gasteiger partial charge in [-0.25, -0.2) is 0 Å². The molecule has 1 atom stereocenters. The van der Waals surface area contributed by atoms with Crippen LogP contribution in [0.15, 0.2) is 54.7 Å². The summed E-state index contributed by atoms with van der Waals surface area (Å²) >= 11 is 0. The molecule has 0 spiro atoms. The number of carbonyl (C=O) groups is 1. The Bertz CT molecular complexity index is 503. The van der Waals surface area contributed by atoms with Crippen LogP contribution in [-0.4, -0.2) is 10.9 Å². The molecule has 0 aliphatic heterocycles. The Morgan fingerprint density at radius 3 is 2.30 bits per heavy atom. The van der Waals surface area contributed by atoms with Gasteiger partial charge in [-0.3, -0.25) is 9.78 Å². The standard InChI is InChI=1S/C16H18N2O.ClH/c1-2-11-16(15(17)19,13-8-4-3-5-9-13)14-10-6-7-12-18-14;/h3-10,12H,2,11H2,1H3,(H2,17,19);1H. The second-order valence-corrected chi connectivity index (χ2v) is 4.60. The van der Waals surface area contributed by atoms with Crippen LogP contribution in [-0.2, 0) is 10.2 Å². The summed E-state index contributed by atoms with van der Waals surface area (Å²) in [5, 5.41) is 0. The van der Waals surface area contributed by atoms with Crippen molar-refractivity contribution in [3.8, 4) is 0 Å². The summed E-state index contributed by atoms with van der Waals surface area (Å²) in [4.78, 5) is 16.6. The van der Waals surface area contributed by atoms with Crippen molar-refractivity contribution in [1.82, 2.24) is 4.98 Å². The van der Waals surface area contributed by atoms with E-state index in [0.717, 1.165) is 17.7 Å². The number of aromatic nitrogens is 1. The van der Waals surface area contributed by atoms with E-state index in [0.29, 0.717) is 6.42 Å². The zero-order valence-corrected chi connectivity index (χ0v) is 12.3. The third-order valence-electron chi connectivity index (χ3n) is 3.41. The van der Waals surface area contributed by atoms with Crippen molar-refractivity contribution < 1.29 is 4.79 Å². The van der Waals surface area contributed by atoms with E-state index >= 15 is 0 Å². The van der Waals surface area contributed by atoms with E-state index in [2.05, 4.69) is 4.98 Å². The number of hydrogen-bond acceptors (Lipinski definition) is 2. The van der Waals surface area contributed by atoms with Gasteiger partial charge in [0.05, 0.1) is 5.69 Å². The minimum Gasteiger partial charge on any atom is -0.369 e. The number of nitrogens with zero attached hydrogens (tertiary/aromatic N) is 1. The lowest BCUT2D eigenvalue weighted by Gasteiger charge is -2.30. The van der Waals surface area contributed by atoms with Crippen molar-refractivity contribution in [2.75, 3.05) is 0 Å². The number of benzene rings is 1. The summed E-state index contributed by atoms with van der Waals surface area (Å²) in [6, 6.07) is 15.2. The number of amides is 1. The SMILES string of the molecule is CCCC(C(N)=O)(c1ccccc1)c1ccccn1.Cl. The Hall–Kier alpha value is -1.87. The average molecular weight is 291 g/mol. The van der Waals surface area contributed by atoms with Gasteiger partial charge in [0.1, 0.15) is 5.41 Å². The van der Waals surface area contributed by atoms with Crippen LogP contribution in [0.2, 0.25) is 0 Å². The smallest absolute Gasteiger partial charge is 0.234 e. The second kappa shape index (κ2) is 7.06. The monoisotopic (exact) mass is 290 g/mol. The highest BCUT2D eigenvalue weighted by molar-refractivity contribution is 5.90. The molecule has 0 fully saturated rings. The van der Waals surface area contributed by atoms with Gasteiger partial charge in [-0.1, -0.05) is 49.7 Å². The minimum atomic E-state index is -0.836. The molecule has 3 nitrogen and oxygen atoms in total. The van der Waals surface area contributed by atoms with Crippen LogP contribution in [0.3, 0.4) is 0 Å². The first-order valence-electron chi connectivity index (χ1n) is 6.48. The maximum atomic E-state index is 12.2. The Morgan fingerprint density at radius 2 is 1.80 bits per heavy atom. The predicted octanol–water partition coefficient (Wildman–Crippen LogP) is 3.07. The van der Waals surface area contributed by atoms with Crippen molar-refractivity contribution in [3.05, 3.63) is 66.0 Å². The Balaban J connectivity index is 0.00000200. The molecule has 0 radical (unpaired) electrons. The molecular formula is C16H19ClN2O. The summed E-state index contributed by atoms with van der Waals surface area (Å²) < 4.78 is 0. The second-order valence-electron chi connectivity index (χ2n) is 4.60. The topological polar surface area (TPSA) is 56.0 Å². The average Bonchev–Trinajstić information content (AvgIpc) is 2.46.